The molecule has 3 atom stereocenters. The third kappa shape index (κ3) is 6.29. The predicted octanol–water partition coefficient (Wildman–Crippen LogP) is 8.13. The summed E-state index contributed by atoms with van der Waals surface area (Å²) in [5.74, 6) is -1.60. The van der Waals surface area contributed by atoms with E-state index in [1.807, 2.05) is 6.07 Å². The number of alkyl halides is 3. The summed E-state index contributed by atoms with van der Waals surface area (Å²) in [7, 11) is 1.66. The SMILES string of the molecule is C=CC(=O)OC1CCC(Oc2ccc3cc(-c4ccc(CCCCC)cc4OC)sc3c2)C1C(F)(F)F. The van der Waals surface area contributed by atoms with Crippen molar-refractivity contribution in [2.45, 2.75) is 63.8 Å². The number of benzene rings is 2. The molecule has 3 aromatic rings. The van der Waals surface area contributed by atoms with Crippen molar-refractivity contribution in [1.29, 1.82) is 0 Å². The van der Waals surface area contributed by atoms with Gasteiger partial charge in [0.05, 0.1) is 7.11 Å². The number of hydrogen-bond acceptors (Lipinski definition) is 5. The van der Waals surface area contributed by atoms with Crippen LogP contribution in [0.2, 0.25) is 0 Å². The summed E-state index contributed by atoms with van der Waals surface area (Å²) in [4.78, 5) is 12.5. The first-order valence-corrected chi connectivity index (χ1v) is 13.3. The molecule has 2 aromatic carbocycles. The average Bonchev–Trinajstić information content (AvgIpc) is 3.47. The molecule has 1 heterocycles. The van der Waals surface area contributed by atoms with Gasteiger partial charge in [-0.1, -0.05) is 32.4 Å². The van der Waals surface area contributed by atoms with Crippen molar-refractivity contribution in [1.82, 2.24) is 0 Å². The second kappa shape index (κ2) is 11.6. The molecule has 1 saturated carbocycles. The Balaban J connectivity index is 1.55. The van der Waals surface area contributed by atoms with E-state index in [1.165, 1.54) is 29.7 Å². The van der Waals surface area contributed by atoms with Gasteiger partial charge in [-0.3, -0.25) is 0 Å². The average molecular weight is 533 g/mol. The standard InChI is InChI=1S/C29H31F3O4S/c1-4-6-7-8-18-9-12-21(24(15-18)34-3)26-16-19-10-11-20(17-25(19)37-26)35-22-13-14-23(36-27(33)5-2)28(22)29(30,31)32/h5,9-12,15-17,22-23,28H,2,4,6-8,13-14H2,1,3H3. The van der Waals surface area contributed by atoms with E-state index in [9.17, 15) is 18.0 Å². The number of hydrogen-bond donors (Lipinski definition) is 0. The molecular weight excluding hydrogens is 501 g/mol. The monoisotopic (exact) mass is 532 g/mol. The van der Waals surface area contributed by atoms with Crippen LogP contribution in [-0.2, 0) is 16.0 Å². The van der Waals surface area contributed by atoms with Crippen LogP contribution in [0, 0.1) is 5.92 Å². The van der Waals surface area contributed by atoms with Crippen LogP contribution in [0.5, 0.6) is 11.5 Å². The molecule has 0 aliphatic heterocycles. The molecule has 0 N–H and O–H groups in total. The zero-order chi connectivity index (χ0) is 26.6. The van der Waals surface area contributed by atoms with Gasteiger partial charge in [-0.15, -0.1) is 11.3 Å². The van der Waals surface area contributed by atoms with E-state index in [-0.39, 0.29) is 12.8 Å². The molecule has 37 heavy (non-hydrogen) atoms. The molecule has 3 unspecified atom stereocenters. The molecule has 4 nitrogen and oxygen atoms in total. The molecule has 0 spiro atoms. The van der Waals surface area contributed by atoms with Crippen molar-refractivity contribution in [2.75, 3.05) is 7.11 Å². The highest BCUT2D eigenvalue weighted by molar-refractivity contribution is 7.22. The molecule has 1 aliphatic rings. The van der Waals surface area contributed by atoms with Crippen molar-refractivity contribution in [3.63, 3.8) is 0 Å². The number of methoxy groups -OCH3 is 1. The van der Waals surface area contributed by atoms with E-state index in [4.69, 9.17) is 14.2 Å². The number of halogens is 3. The highest BCUT2D eigenvalue weighted by Gasteiger charge is 2.55. The third-order valence-corrected chi connectivity index (χ3v) is 7.86. The molecule has 198 valence electrons. The summed E-state index contributed by atoms with van der Waals surface area (Å²) >= 11 is 1.53. The normalized spacial score (nSPS) is 19.6. The van der Waals surface area contributed by atoms with Gasteiger partial charge in [0.2, 0.25) is 0 Å². The summed E-state index contributed by atoms with van der Waals surface area (Å²) in [6.07, 6.45) is -1.40. The minimum atomic E-state index is -4.56. The van der Waals surface area contributed by atoms with Crippen LogP contribution >= 0.6 is 11.3 Å². The van der Waals surface area contributed by atoms with Crippen LogP contribution in [0.3, 0.4) is 0 Å². The first-order chi connectivity index (χ1) is 17.7. The first-order valence-electron chi connectivity index (χ1n) is 12.5. The van der Waals surface area contributed by atoms with Gasteiger partial charge in [-0.25, -0.2) is 4.79 Å². The Labute approximate surface area is 219 Å². The lowest BCUT2D eigenvalue weighted by molar-refractivity contribution is -0.214. The molecule has 1 aromatic heterocycles. The minimum Gasteiger partial charge on any atom is -0.496 e. The van der Waals surface area contributed by atoms with Crippen molar-refractivity contribution in [2.24, 2.45) is 5.92 Å². The fraction of sp³-hybridized carbons (Fsp3) is 0.414. The summed E-state index contributed by atoms with van der Waals surface area (Å²) in [5.41, 5.74) is 2.21. The van der Waals surface area contributed by atoms with Crippen LogP contribution in [0.25, 0.3) is 20.5 Å². The van der Waals surface area contributed by atoms with Crippen molar-refractivity contribution >= 4 is 27.4 Å². The number of thiophene rings is 1. The van der Waals surface area contributed by atoms with Crippen LogP contribution in [0.4, 0.5) is 13.2 Å². The van der Waals surface area contributed by atoms with Gasteiger partial charge in [0, 0.05) is 21.2 Å². The lowest BCUT2D eigenvalue weighted by Crippen LogP contribution is -2.41. The van der Waals surface area contributed by atoms with Crippen LogP contribution in [0.15, 0.2) is 55.1 Å². The summed E-state index contributed by atoms with van der Waals surface area (Å²) < 4.78 is 58.9. The maximum Gasteiger partial charge on any atom is 0.398 e. The predicted molar refractivity (Wildman–Crippen MR) is 140 cm³/mol. The Kier molecular flexibility index (Phi) is 8.47. The number of unbranched alkanes of at least 4 members (excludes halogenated alkanes) is 2. The number of carbonyl (C=O) groups is 1. The van der Waals surface area contributed by atoms with E-state index in [2.05, 4.69) is 37.8 Å². The molecule has 1 fully saturated rings. The molecule has 4 rings (SSSR count). The maximum atomic E-state index is 13.8. The lowest BCUT2D eigenvalue weighted by atomic mass is 10.0. The van der Waals surface area contributed by atoms with E-state index < -0.39 is 30.3 Å². The van der Waals surface area contributed by atoms with Crippen LogP contribution in [0.1, 0.15) is 44.6 Å². The van der Waals surface area contributed by atoms with Gasteiger partial charge >= 0.3 is 12.1 Å². The van der Waals surface area contributed by atoms with Gasteiger partial charge in [0.25, 0.3) is 0 Å². The van der Waals surface area contributed by atoms with E-state index in [1.54, 1.807) is 19.2 Å². The summed E-state index contributed by atoms with van der Waals surface area (Å²) in [6, 6.07) is 13.6. The Morgan fingerprint density at radius 2 is 1.89 bits per heavy atom. The molecule has 0 bridgehead atoms. The number of carbonyl (C=O) groups excluding carboxylic acids is 1. The summed E-state index contributed by atoms with van der Waals surface area (Å²) in [6.45, 7) is 5.45. The lowest BCUT2D eigenvalue weighted by Gasteiger charge is -2.27. The Morgan fingerprint density at radius 1 is 1.11 bits per heavy atom. The fourth-order valence-corrected chi connectivity index (χ4v) is 6.00. The molecule has 1 aliphatic carbocycles. The van der Waals surface area contributed by atoms with Crippen molar-refractivity contribution < 1.29 is 32.2 Å². The number of aryl methyl sites for hydroxylation is 1. The van der Waals surface area contributed by atoms with E-state index >= 15 is 0 Å². The molecule has 8 heteroatoms. The zero-order valence-electron chi connectivity index (χ0n) is 21.0. The van der Waals surface area contributed by atoms with Crippen LogP contribution < -0.4 is 9.47 Å². The maximum absolute atomic E-state index is 13.8. The number of fused-ring (bicyclic) bond motifs is 1. The topological polar surface area (TPSA) is 44.8 Å². The first kappa shape index (κ1) is 27.0. The van der Waals surface area contributed by atoms with E-state index in [0.717, 1.165) is 45.2 Å². The van der Waals surface area contributed by atoms with Crippen molar-refractivity contribution in [3.8, 4) is 21.9 Å². The second-order valence-electron chi connectivity index (χ2n) is 9.28. The van der Waals surface area contributed by atoms with Gasteiger partial charge in [-0.05, 0) is 73.0 Å². The van der Waals surface area contributed by atoms with Crippen molar-refractivity contribution in [3.05, 3.63) is 60.7 Å². The fourth-order valence-electron chi connectivity index (χ4n) is 4.88. The number of esters is 1. The smallest absolute Gasteiger partial charge is 0.398 e. The minimum absolute atomic E-state index is 0.0774. The molecule has 0 saturated heterocycles. The van der Waals surface area contributed by atoms with Gasteiger partial charge < -0.3 is 14.2 Å². The molecule has 0 amide bonds. The third-order valence-electron chi connectivity index (χ3n) is 6.73. The second-order valence-corrected chi connectivity index (χ2v) is 10.4. The number of rotatable bonds is 10. The molecular formula is C29H31F3O4S. The quantitative estimate of drug-likeness (QED) is 0.150. The van der Waals surface area contributed by atoms with Gasteiger partial charge in [-0.2, -0.15) is 13.2 Å². The van der Waals surface area contributed by atoms with Gasteiger partial charge in [0.15, 0.2) is 0 Å². The van der Waals surface area contributed by atoms with Crippen LogP contribution in [-0.4, -0.2) is 31.5 Å². The highest BCUT2D eigenvalue weighted by atomic mass is 32.1. The van der Waals surface area contributed by atoms with E-state index in [0.29, 0.717) is 5.75 Å². The molecule has 0 radical (unpaired) electrons. The Morgan fingerprint density at radius 3 is 2.59 bits per heavy atom. The summed E-state index contributed by atoms with van der Waals surface area (Å²) in [5, 5.41) is 0.970. The largest absolute Gasteiger partial charge is 0.496 e. The van der Waals surface area contributed by atoms with Gasteiger partial charge in [0.1, 0.15) is 29.6 Å². The Hall–Kier alpha value is -3.00. The zero-order valence-corrected chi connectivity index (χ0v) is 21.8. The highest BCUT2D eigenvalue weighted by Crippen LogP contribution is 2.44. The Bertz CT molecular complexity index is 1250. The number of ether oxygens (including phenoxy) is 3.